The van der Waals surface area contributed by atoms with Gasteiger partial charge >= 0.3 is 0 Å². The van der Waals surface area contributed by atoms with Crippen LogP contribution in [0.25, 0.3) is 0 Å². The van der Waals surface area contributed by atoms with E-state index in [1.54, 1.807) is 0 Å². The highest BCUT2D eigenvalue weighted by Crippen LogP contribution is 2.31. The smallest absolute Gasteiger partial charge is 0.243 e. The van der Waals surface area contributed by atoms with Crippen molar-refractivity contribution >= 4 is 33.4 Å². The monoisotopic (exact) mass is 558 g/mol. The summed E-state index contributed by atoms with van der Waals surface area (Å²) < 4.78 is 27.8. The van der Waals surface area contributed by atoms with Gasteiger partial charge < -0.3 is 15.5 Å². The number of rotatable bonds is 8. The van der Waals surface area contributed by atoms with Gasteiger partial charge in [-0.1, -0.05) is 29.8 Å². The summed E-state index contributed by atoms with van der Waals surface area (Å²) in [7, 11) is -3.97. The molecule has 2 amide bonds. The summed E-state index contributed by atoms with van der Waals surface area (Å²) >= 11 is 5.92. The topological polar surface area (TPSA) is 98.8 Å². The number of carbonyl (C=O) groups is 2. The highest BCUT2D eigenvalue weighted by Gasteiger charge is 2.40. The van der Waals surface area contributed by atoms with Gasteiger partial charge in [-0.2, -0.15) is 4.31 Å². The maximum Gasteiger partial charge on any atom is 0.243 e. The van der Waals surface area contributed by atoms with E-state index >= 15 is 0 Å². The van der Waals surface area contributed by atoms with Crippen LogP contribution in [0.3, 0.4) is 0 Å². The number of fused-ring (bicyclic) bond motifs is 1. The van der Waals surface area contributed by atoms with E-state index in [9.17, 15) is 18.0 Å². The Kier molecular flexibility index (Phi) is 8.38. The number of carbonyl (C=O) groups excluding carboxylic acids is 2. The Morgan fingerprint density at radius 2 is 1.82 bits per heavy atom. The molecule has 2 aromatic carbocycles. The Bertz CT molecular complexity index is 1280. The Hall–Kier alpha value is -2.46. The van der Waals surface area contributed by atoms with Crippen LogP contribution in [0.1, 0.15) is 54.8 Å². The van der Waals surface area contributed by atoms with Crippen LogP contribution in [0.5, 0.6) is 0 Å². The summed E-state index contributed by atoms with van der Waals surface area (Å²) in [5.41, 5.74) is 3.71. The van der Waals surface area contributed by atoms with Crippen LogP contribution < -0.4 is 10.6 Å². The lowest BCUT2D eigenvalue weighted by Crippen LogP contribution is -2.58. The number of halogens is 1. The zero-order chi connectivity index (χ0) is 26.7. The molecule has 2 N–H and O–H groups in total. The number of hydrogen-bond donors (Lipinski definition) is 2. The first kappa shape index (κ1) is 27.1. The van der Waals surface area contributed by atoms with E-state index in [-0.39, 0.29) is 36.4 Å². The molecule has 10 heteroatoms. The van der Waals surface area contributed by atoms with Crippen molar-refractivity contribution in [1.82, 2.24) is 19.8 Å². The minimum absolute atomic E-state index is 0.0451. The van der Waals surface area contributed by atoms with Crippen LogP contribution in [0, 0.1) is 0 Å². The molecule has 2 saturated heterocycles. The molecule has 204 valence electrons. The first-order valence-electron chi connectivity index (χ1n) is 13.5. The number of sulfonamides is 1. The molecule has 2 atom stereocenters. The van der Waals surface area contributed by atoms with Gasteiger partial charge in [0.05, 0.1) is 17.4 Å². The number of hydrogen-bond acceptors (Lipinski definition) is 5. The standard InChI is InChI=1S/C28H35ClN4O4S/c29-22-7-9-23(10-8-22)38(36,37)33-17-13-30-28(35)26(33)19-27(34)31-25-5-3-4-21-18-20(6-11-24(21)25)12-16-32-14-1-2-15-32/h6-11,18,25-26H,1-5,12-17,19H2,(H,30,35)(H,31,34). The number of likely N-dealkylation sites (tertiary alicyclic amines) is 1. The van der Waals surface area contributed by atoms with Crippen molar-refractivity contribution < 1.29 is 18.0 Å². The lowest BCUT2D eigenvalue weighted by molar-refractivity contribution is -0.132. The van der Waals surface area contributed by atoms with Crippen LogP contribution in [0.15, 0.2) is 47.4 Å². The molecular formula is C28H35ClN4O4S. The summed E-state index contributed by atoms with van der Waals surface area (Å²) in [6.07, 6.45) is 6.14. The van der Waals surface area contributed by atoms with Gasteiger partial charge in [-0.05, 0) is 92.6 Å². The lowest BCUT2D eigenvalue weighted by Gasteiger charge is -2.34. The van der Waals surface area contributed by atoms with Crippen molar-refractivity contribution in [3.8, 4) is 0 Å². The minimum atomic E-state index is -3.97. The molecule has 2 fully saturated rings. The Balaban J connectivity index is 1.26. The highest BCUT2D eigenvalue weighted by atomic mass is 35.5. The SMILES string of the molecule is O=C(CC1C(=O)NCCN1S(=O)(=O)c1ccc(Cl)cc1)NC1CCCc2cc(CCN3CCCC3)ccc21. The molecule has 38 heavy (non-hydrogen) atoms. The molecule has 3 aliphatic rings. The van der Waals surface area contributed by atoms with Gasteiger partial charge in [0.15, 0.2) is 0 Å². The third kappa shape index (κ3) is 6.06. The fourth-order valence-electron chi connectivity index (χ4n) is 5.81. The predicted octanol–water partition coefficient (Wildman–Crippen LogP) is 3.05. The number of amides is 2. The lowest BCUT2D eigenvalue weighted by atomic mass is 9.86. The van der Waals surface area contributed by atoms with E-state index < -0.39 is 22.0 Å². The second-order valence-electron chi connectivity index (χ2n) is 10.4. The molecule has 2 heterocycles. The van der Waals surface area contributed by atoms with Gasteiger partial charge in [0.25, 0.3) is 0 Å². The number of nitrogens with one attached hydrogen (secondary N) is 2. The molecule has 0 bridgehead atoms. The van der Waals surface area contributed by atoms with Crippen molar-refractivity contribution in [3.63, 3.8) is 0 Å². The van der Waals surface area contributed by atoms with E-state index in [1.165, 1.54) is 61.3 Å². The second kappa shape index (κ2) is 11.7. The quantitative estimate of drug-likeness (QED) is 0.519. The fraction of sp³-hybridized carbons (Fsp3) is 0.500. The van der Waals surface area contributed by atoms with Gasteiger partial charge in [0, 0.05) is 24.7 Å². The number of nitrogens with zero attached hydrogens (tertiary/aromatic N) is 2. The Morgan fingerprint density at radius 1 is 1.05 bits per heavy atom. The first-order chi connectivity index (χ1) is 18.3. The summed E-state index contributed by atoms with van der Waals surface area (Å²) in [6, 6.07) is 11.1. The van der Waals surface area contributed by atoms with Crippen LogP contribution in [-0.2, 0) is 32.5 Å². The molecule has 0 aromatic heterocycles. The van der Waals surface area contributed by atoms with E-state index in [0.717, 1.165) is 42.1 Å². The second-order valence-corrected chi connectivity index (χ2v) is 12.8. The average Bonchev–Trinajstić information content (AvgIpc) is 3.43. The molecule has 0 spiro atoms. The predicted molar refractivity (Wildman–Crippen MR) is 146 cm³/mol. The molecule has 8 nitrogen and oxygen atoms in total. The normalized spacial score (nSPS) is 22.6. The number of benzene rings is 2. The van der Waals surface area contributed by atoms with Crippen LogP contribution in [0.2, 0.25) is 5.02 Å². The molecule has 1 aliphatic carbocycles. The molecule has 2 aromatic rings. The molecule has 0 saturated carbocycles. The minimum Gasteiger partial charge on any atom is -0.353 e. The zero-order valence-corrected chi connectivity index (χ0v) is 23.1. The van der Waals surface area contributed by atoms with E-state index in [0.29, 0.717) is 5.02 Å². The highest BCUT2D eigenvalue weighted by molar-refractivity contribution is 7.89. The van der Waals surface area contributed by atoms with Gasteiger partial charge in [-0.3, -0.25) is 9.59 Å². The third-order valence-corrected chi connectivity index (χ3v) is 10.0. The Labute approximate surface area is 229 Å². The van der Waals surface area contributed by atoms with Gasteiger partial charge in [-0.25, -0.2) is 8.42 Å². The van der Waals surface area contributed by atoms with E-state index in [4.69, 9.17) is 11.6 Å². The van der Waals surface area contributed by atoms with Crippen molar-refractivity contribution in [2.75, 3.05) is 32.7 Å². The maximum atomic E-state index is 13.3. The molecule has 5 rings (SSSR count). The van der Waals surface area contributed by atoms with Gasteiger partial charge in [0.2, 0.25) is 21.8 Å². The number of aryl methyl sites for hydroxylation is 1. The molecular weight excluding hydrogens is 524 g/mol. The van der Waals surface area contributed by atoms with Crippen molar-refractivity contribution in [2.45, 2.75) is 61.9 Å². The van der Waals surface area contributed by atoms with Crippen LogP contribution in [-0.4, -0.2) is 68.2 Å². The fourth-order valence-corrected chi connectivity index (χ4v) is 7.53. The average molecular weight is 559 g/mol. The summed E-state index contributed by atoms with van der Waals surface area (Å²) in [5, 5.41) is 6.22. The molecule has 2 unspecified atom stereocenters. The van der Waals surface area contributed by atoms with E-state index in [2.05, 4.69) is 33.7 Å². The van der Waals surface area contributed by atoms with Gasteiger partial charge in [-0.15, -0.1) is 0 Å². The van der Waals surface area contributed by atoms with Crippen LogP contribution in [0.4, 0.5) is 0 Å². The zero-order valence-electron chi connectivity index (χ0n) is 21.5. The van der Waals surface area contributed by atoms with Crippen LogP contribution >= 0.6 is 11.6 Å². The first-order valence-corrected chi connectivity index (χ1v) is 15.3. The van der Waals surface area contributed by atoms with E-state index in [1.807, 2.05) is 0 Å². The third-order valence-electron chi connectivity index (χ3n) is 7.85. The summed E-state index contributed by atoms with van der Waals surface area (Å²) in [4.78, 5) is 28.5. The summed E-state index contributed by atoms with van der Waals surface area (Å²) in [5.74, 6) is -0.796. The summed E-state index contributed by atoms with van der Waals surface area (Å²) in [6.45, 7) is 3.76. The molecule has 0 radical (unpaired) electrons. The number of piperazine rings is 1. The Morgan fingerprint density at radius 3 is 2.58 bits per heavy atom. The van der Waals surface area contributed by atoms with Crippen molar-refractivity contribution in [3.05, 3.63) is 64.2 Å². The van der Waals surface area contributed by atoms with Gasteiger partial charge in [0.1, 0.15) is 6.04 Å². The van der Waals surface area contributed by atoms with Crippen molar-refractivity contribution in [2.24, 2.45) is 0 Å². The molecule has 2 aliphatic heterocycles. The maximum absolute atomic E-state index is 13.3. The largest absolute Gasteiger partial charge is 0.353 e. The van der Waals surface area contributed by atoms with Crippen molar-refractivity contribution in [1.29, 1.82) is 0 Å².